The molecular formula is C24H26N2O7. The summed E-state index contributed by atoms with van der Waals surface area (Å²) in [4.78, 5) is 37.8. The first-order chi connectivity index (χ1) is 15.7. The van der Waals surface area contributed by atoms with Crippen molar-refractivity contribution in [2.75, 3.05) is 20.3 Å². The summed E-state index contributed by atoms with van der Waals surface area (Å²) < 4.78 is 10.7. The number of nitrogens with zero attached hydrogens (tertiary/aromatic N) is 2. The van der Waals surface area contributed by atoms with Gasteiger partial charge in [-0.05, 0) is 50.1 Å². The number of non-ortho nitro benzene ring substituents is 1. The highest BCUT2D eigenvalue weighted by atomic mass is 16.6. The fourth-order valence-electron chi connectivity index (χ4n) is 3.72. The lowest BCUT2D eigenvalue weighted by molar-refractivity contribution is -0.384. The number of ketones is 1. The highest BCUT2D eigenvalue weighted by Gasteiger charge is 2.45. The molecule has 0 unspecified atom stereocenters. The van der Waals surface area contributed by atoms with Crippen LogP contribution in [-0.2, 0) is 14.3 Å². The van der Waals surface area contributed by atoms with Crippen molar-refractivity contribution in [1.82, 2.24) is 4.90 Å². The summed E-state index contributed by atoms with van der Waals surface area (Å²) in [6, 6.07) is 11.2. The predicted molar refractivity (Wildman–Crippen MR) is 121 cm³/mol. The first-order valence-electron chi connectivity index (χ1n) is 10.5. The van der Waals surface area contributed by atoms with Crippen LogP contribution in [0.15, 0.2) is 54.1 Å². The first kappa shape index (κ1) is 23.9. The Morgan fingerprint density at radius 3 is 2.48 bits per heavy atom. The van der Waals surface area contributed by atoms with Crippen LogP contribution in [0.2, 0.25) is 0 Å². The summed E-state index contributed by atoms with van der Waals surface area (Å²) in [5.41, 5.74) is 0.608. The van der Waals surface area contributed by atoms with E-state index in [1.807, 2.05) is 13.8 Å². The molecule has 0 aliphatic carbocycles. The molecule has 1 aliphatic heterocycles. The van der Waals surface area contributed by atoms with Crippen molar-refractivity contribution in [3.8, 4) is 5.75 Å². The maximum absolute atomic E-state index is 13.0. The topological polar surface area (TPSA) is 119 Å². The molecule has 1 aliphatic rings. The van der Waals surface area contributed by atoms with Crippen molar-refractivity contribution >= 4 is 23.1 Å². The number of carbonyl (C=O) groups is 2. The third kappa shape index (κ3) is 5.20. The van der Waals surface area contributed by atoms with Gasteiger partial charge in [0.15, 0.2) is 0 Å². The van der Waals surface area contributed by atoms with Gasteiger partial charge < -0.3 is 19.5 Å². The fourth-order valence-corrected chi connectivity index (χ4v) is 3.72. The summed E-state index contributed by atoms with van der Waals surface area (Å²) in [7, 11) is 1.48. The summed E-state index contributed by atoms with van der Waals surface area (Å²) in [6.45, 7) is 4.41. The quantitative estimate of drug-likeness (QED) is 0.153. The van der Waals surface area contributed by atoms with Gasteiger partial charge in [-0.1, -0.05) is 12.1 Å². The van der Waals surface area contributed by atoms with E-state index in [0.717, 1.165) is 0 Å². The number of Topliss-reactive ketones (excluding diaryl/α,β-unsaturated/α-hetero) is 1. The number of aliphatic hydroxyl groups is 1. The Bertz CT molecular complexity index is 1080. The summed E-state index contributed by atoms with van der Waals surface area (Å²) >= 11 is 0. The van der Waals surface area contributed by atoms with E-state index in [0.29, 0.717) is 29.9 Å². The average Bonchev–Trinajstić information content (AvgIpc) is 3.06. The fraction of sp³-hybridized carbons (Fsp3) is 0.333. The van der Waals surface area contributed by atoms with Crippen LogP contribution in [0.3, 0.4) is 0 Å². The molecule has 33 heavy (non-hydrogen) atoms. The van der Waals surface area contributed by atoms with E-state index in [-0.39, 0.29) is 29.7 Å². The largest absolute Gasteiger partial charge is 0.507 e. The number of hydrogen-bond acceptors (Lipinski definition) is 7. The van der Waals surface area contributed by atoms with E-state index in [9.17, 15) is 24.8 Å². The Morgan fingerprint density at radius 1 is 1.18 bits per heavy atom. The summed E-state index contributed by atoms with van der Waals surface area (Å²) in [6.07, 6.45) is 0.507. The zero-order valence-electron chi connectivity index (χ0n) is 18.7. The highest BCUT2D eigenvalue weighted by molar-refractivity contribution is 6.46. The zero-order chi connectivity index (χ0) is 24.1. The van der Waals surface area contributed by atoms with E-state index in [1.165, 1.54) is 36.3 Å². The third-order valence-corrected chi connectivity index (χ3v) is 5.30. The van der Waals surface area contributed by atoms with Crippen LogP contribution in [-0.4, -0.2) is 53.0 Å². The van der Waals surface area contributed by atoms with Crippen molar-refractivity contribution in [3.63, 3.8) is 0 Å². The number of methoxy groups -OCH3 is 1. The first-order valence-corrected chi connectivity index (χ1v) is 10.5. The van der Waals surface area contributed by atoms with Crippen molar-refractivity contribution in [1.29, 1.82) is 0 Å². The monoisotopic (exact) mass is 454 g/mol. The molecule has 2 aromatic rings. The molecule has 1 heterocycles. The second-order valence-electron chi connectivity index (χ2n) is 7.85. The molecule has 0 radical (unpaired) electrons. The van der Waals surface area contributed by atoms with Gasteiger partial charge in [-0.3, -0.25) is 19.7 Å². The number of rotatable bonds is 9. The number of ether oxygens (including phenoxy) is 2. The Labute approximate surface area is 191 Å². The lowest BCUT2D eigenvalue weighted by Crippen LogP contribution is -2.31. The summed E-state index contributed by atoms with van der Waals surface area (Å²) in [5, 5.41) is 22.1. The second-order valence-corrected chi connectivity index (χ2v) is 7.85. The Morgan fingerprint density at radius 2 is 1.88 bits per heavy atom. The van der Waals surface area contributed by atoms with Crippen LogP contribution in [0, 0.1) is 10.1 Å². The number of amides is 1. The van der Waals surface area contributed by atoms with Gasteiger partial charge in [0, 0.05) is 30.8 Å². The Kier molecular flexibility index (Phi) is 7.44. The van der Waals surface area contributed by atoms with Crippen LogP contribution >= 0.6 is 0 Å². The average molecular weight is 454 g/mol. The van der Waals surface area contributed by atoms with Crippen LogP contribution in [0.1, 0.15) is 37.4 Å². The number of carbonyl (C=O) groups excluding carboxylic acids is 2. The van der Waals surface area contributed by atoms with E-state index >= 15 is 0 Å². The smallest absolute Gasteiger partial charge is 0.295 e. The molecule has 0 aromatic heterocycles. The minimum absolute atomic E-state index is 0.0268. The molecule has 2 aromatic carbocycles. The van der Waals surface area contributed by atoms with E-state index in [4.69, 9.17) is 9.47 Å². The van der Waals surface area contributed by atoms with Gasteiger partial charge in [-0.25, -0.2) is 0 Å². The second kappa shape index (κ2) is 10.3. The molecule has 1 fully saturated rings. The van der Waals surface area contributed by atoms with Crippen molar-refractivity contribution in [2.45, 2.75) is 32.4 Å². The molecule has 0 bridgehead atoms. The standard InChI is InChI=1S/C24H26N2O7/c1-15(2)33-13-5-12-25-21(16-8-10-18(11-9-16)26(30)31)20(23(28)24(25)29)22(27)17-6-4-7-19(14-17)32-3/h4,6-11,14-15,21,27H,5,12-13H2,1-3H3/t21-/m0/s1. The maximum Gasteiger partial charge on any atom is 0.295 e. The van der Waals surface area contributed by atoms with Crippen LogP contribution in [0.4, 0.5) is 5.69 Å². The van der Waals surface area contributed by atoms with E-state index in [2.05, 4.69) is 0 Å². The Balaban J connectivity index is 2.06. The molecule has 174 valence electrons. The minimum atomic E-state index is -0.893. The number of aliphatic hydroxyl groups excluding tert-OH is 1. The van der Waals surface area contributed by atoms with Crippen LogP contribution < -0.4 is 4.74 Å². The normalized spacial score (nSPS) is 17.6. The molecule has 9 heteroatoms. The highest BCUT2D eigenvalue weighted by Crippen LogP contribution is 2.40. The predicted octanol–water partition coefficient (Wildman–Crippen LogP) is 3.84. The van der Waals surface area contributed by atoms with Crippen molar-refractivity contribution < 1.29 is 29.1 Å². The minimum Gasteiger partial charge on any atom is -0.507 e. The van der Waals surface area contributed by atoms with E-state index < -0.39 is 22.7 Å². The van der Waals surface area contributed by atoms with Gasteiger partial charge in [0.2, 0.25) is 0 Å². The molecular weight excluding hydrogens is 428 g/mol. The van der Waals surface area contributed by atoms with Gasteiger partial charge in [0.05, 0.1) is 29.8 Å². The number of hydrogen-bond donors (Lipinski definition) is 1. The molecule has 1 N–H and O–H groups in total. The van der Waals surface area contributed by atoms with Gasteiger partial charge in [0.25, 0.3) is 17.4 Å². The zero-order valence-corrected chi connectivity index (χ0v) is 18.7. The Hall–Kier alpha value is -3.72. The lowest BCUT2D eigenvalue weighted by Gasteiger charge is -2.25. The lowest BCUT2D eigenvalue weighted by atomic mass is 9.95. The number of benzene rings is 2. The van der Waals surface area contributed by atoms with E-state index in [1.54, 1.807) is 24.3 Å². The van der Waals surface area contributed by atoms with Gasteiger partial charge in [0.1, 0.15) is 11.5 Å². The van der Waals surface area contributed by atoms with Crippen LogP contribution in [0.25, 0.3) is 5.76 Å². The van der Waals surface area contributed by atoms with Crippen molar-refractivity contribution in [3.05, 3.63) is 75.3 Å². The van der Waals surface area contributed by atoms with Crippen LogP contribution in [0.5, 0.6) is 5.75 Å². The molecule has 1 amide bonds. The number of nitro benzene ring substituents is 1. The van der Waals surface area contributed by atoms with Crippen molar-refractivity contribution in [2.24, 2.45) is 0 Å². The molecule has 9 nitrogen and oxygen atoms in total. The van der Waals surface area contributed by atoms with Gasteiger partial charge in [-0.15, -0.1) is 0 Å². The van der Waals surface area contributed by atoms with Gasteiger partial charge in [-0.2, -0.15) is 0 Å². The molecule has 1 saturated heterocycles. The SMILES string of the molecule is COc1cccc(C(O)=C2C(=O)C(=O)N(CCCOC(C)C)[C@H]2c2ccc([N+](=O)[O-])cc2)c1. The maximum atomic E-state index is 13.0. The molecule has 3 rings (SSSR count). The molecule has 0 saturated carbocycles. The van der Waals surface area contributed by atoms with Gasteiger partial charge >= 0.3 is 0 Å². The number of likely N-dealkylation sites (tertiary alicyclic amines) is 1. The summed E-state index contributed by atoms with van der Waals surface area (Å²) in [5.74, 6) is -1.42. The molecule has 1 atom stereocenters. The number of nitro groups is 1. The third-order valence-electron chi connectivity index (χ3n) is 5.30. The molecule has 0 spiro atoms.